The molecule has 0 spiro atoms. The van der Waals surface area contributed by atoms with Crippen molar-refractivity contribution in [3.8, 4) is 0 Å². The van der Waals surface area contributed by atoms with Crippen LogP contribution in [0, 0.1) is 0 Å². The Morgan fingerprint density at radius 1 is 1.57 bits per heavy atom. The molecular weight excluding hydrogens is 196 g/mol. The lowest BCUT2D eigenvalue weighted by Crippen LogP contribution is -2.49. The average Bonchev–Trinajstić information content (AvgIpc) is 2.27. The number of rotatable bonds is 5. The van der Waals surface area contributed by atoms with E-state index in [0.29, 0.717) is 0 Å². The fourth-order valence-electron chi connectivity index (χ4n) is 1.75. The minimum Gasteiger partial charge on any atom is -0.317 e. The molecule has 0 aromatic heterocycles. The largest absolute Gasteiger partial charge is 0.317 e. The number of carbonyl (C=O) groups is 1. The Balaban J connectivity index is 2.54. The topological polar surface area (TPSA) is 41.1 Å². The summed E-state index contributed by atoms with van der Waals surface area (Å²) in [5.74, 6) is 0. The van der Waals surface area contributed by atoms with Crippen LogP contribution in [0.25, 0.3) is 0 Å². The third-order valence-corrected chi connectivity index (χ3v) is 4.61. The lowest BCUT2D eigenvalue weighted by atomic mass is 10.1. The van der Waals surface area contributed by atoms with E-state index >= 15 is 0 Å². The number of hydrogen-bond donors (Lipinski definition) is 2. The number of piperidine rings is 1. The summed E-state index contributed by atoms with van der Waals surface area (Å²) in [5.41, 5.74) is 0. The Morgan fingerprint density at radius 2 is 2.21 bits per heavy atom. The zero-order valence-corrected chi connectivity index (χ0v) is 9.82. The van der Waals surface area contributed by atoms with Crippen molar-refractivity contribution in [3.63, 3.8) is 0 Å². The Labute approximate surface area is 90.4 Å². The molecule has 1 atom stereocenters. The first-order chi connectivity index (χ1) is 6.76. The van der Waals surface area contributed by atoms with Gasteiger partial charge < -0.3 is 15.4 Å². The molecule has 0 aromatic carbocycles. The van der Waals surface area contributed by atoms with Gasteiger partial charge in [0.05, 0.1) is 10.1 Å². The Morgan fingerprint density at radius 3 is 2.64 bits per heavy atom. The maximum atomic E-state index is 10.8. The molecule has 1 aliphatic rings. The van der Waals surface area contributed by atoms with Crippen LogP contribution >= 0.6 is 11.8 Å². The molecule has 0 unspecified atom stereocenters. The molecule has 1 heterocycles. The predicted molar refractivity (Wildman–Crippen MR) is 61.6 cm³/mol. The lowest BCUT2D eigenvalue weighted by Gasteiger charge is -2.38. The van der Waals surface area contributed by atoms with Crippen LogP contribution in [0.5, 0.6) is 0 Å². The van der Waals surface area contributed by atoms with Crippen LogP contribution in [0.2, 0.25) is 0 Å². The predicted octanol–water partition coefficient (Wildman–Crippen LogP) is 0.996. The van der Waals surface area contributed by atoms with E-state index in [1.807, 2.05) is 7.05 Å². The molecular formula is C10H20N2OS. The fraction of sp³-hybridized carbons (Fsp3) is 0.900. The Bertz CT molecular complexity index is 181. The van der Waals surface area contributed by atoms with E-state index in [4.69, 9.17) is 0 Å². The summed E-state index contributed by atoms with van der Waals surface area (Å²) in [7, 11) is 2.00. The van der Waals surface area contributed by atoms with Crippen molar-refractivity contribution in [2.24, 2.45) is 0 Å². The number of thioether (sulfide) groups is 1. The van der Waals surface area contributed by atoms with Crippen LogP contribution < -0.4 is 10.6 Å². The van der Waals surface area contributed by atoms with Gasteiger partial charge in [-0.1, -0.05) is 6.92 Å². The van der Waals surface area contributed by atoms with Gasteiger partial charge in [-0.2, -0.15) is 0 Å². The summed E-state index contributed by atoms with van der Waals surface area (Å²) in [6.45, 7) is 4.16. The highest BCUT2D eigenvalue weighted by Crippen LogP contribution is 2.34. The third-order valence-electron chi connectivity index (χ3n) is 2.80. The second-order valence-corrected chi connectivity index (χ2v) is 5.32. The van der Waals surface area contributed by atoms with Gasteiger partial charge >= 0.3 is 0 Å². The normalized spacial score (nSPS) is 23.0. The molecule has 0 amide bonds. The van der Waals surface area contributed by atoms with Crippen molar-refractivity contribution in [2.75, 3.05) is 20.1 Å². The molecule has 0 radical (unpaired) electrons. The Hall–Kier alpha value is -0.0600. The van der Waals surface area contributed by atoms with Crippen LogP contribution in [0.15, 0.2) is 0 Å². The first-order valence-electron chi connectivity index (χ1n) is 5.29. The minimum atomic E-state index is 0.118. The van der Waals surface area contributed by atoms with Crippen molar-refractivity contribution in [3.05, 3.63) is 0 Å². The first kappa shape index (κ1) is 12.0. The van der Waals surface area contributed by atoms with E-state index in [0.717, 1.165) is 38.6 Å². The summed E-state index contributed by atoms with van der Waals surface area (Å²) < 4.78 is 0. The van der Waals surface area contributed by atoms with Gasteiger partial charge in [0.15, 0.2) is 0 Å². The molecule has 0 saturated carbocycles. The van der Waals surface area contributed by atoms with Crippen molar-refractivity contribution < 1.29 is 4.79 Å². The van der Waals surface area contributed by atoms with Crippen LogP contribution in [0.1, 0.15) is 26.2 Å². The zero-order valence-electron chi connectivity index (χ0n) is 9.01. The lowest BCUT2D eigenvalue weighted by molar-refractivity contribution is -0.107. The second kappa shape index (κ2) is 5.73. The van der Waals surface area contributed by atoms with E-state index in [9.17, 15) is 4.79 Å². The number of nitrogens with one attached hydrogen (secondary N) is 2. The highest BCUT2D eigenvalue weighted by molar-refractivity contribution is 8.01. The molecule has 4 heteroatoms. The molecule has 0 bridgehead atoms. The summed E-state index contributed by atoms with van der Waals surface area (Å²) in [6, 6.07) is 0. The molecule has 1 saturated heterocycles. The highest BCUT2D eigenvalue weighted by Gasteiger charge is 2.32. The SMILES string of the molecule is CC[C@@H](C=O)SC1(NC)CCNCC1. The van der Waals surface area contributed by atoms with Gasteiger partial charge in [0, 0.05) is 0 Å². The monoisotopic (exact) mass is 216 g/mol. The highest BCUT2D eigenvalue weighted by atomic mass is 32.2. The zero-order chi connectivity index (χ0) is 10.4. The molecule has 82 valence electrons. The molecule has 14 heavy (non-hydrogen) atoms. The quantitative estimate of drug-likeness (QED) is 0.531. The van der Waals surface area contributed by atoms with Crippen LogP contribution in [0.3, 0.4) is 0 Å². The van der Waals surface area contributed by atoms with E-state index in [2.05, 4.69) is 17.6 Å². The molecule has 0 aliphatic carbocycles. The number of carbonyl (C=O) groups excluding carboxylic acids is 1. The van der Waals surface area contributed by atoms with E-state index in [1.54, 1.807) is 11.8 Å². The van der Waals surface area contributed by atoms with Gasteiger partial charge in [0.25, 0.3) is 0 Å². The molecule has 1 fully saturated rings. The van der Waals surface area contributed by atoms with E-state index in [-0.39, 0.29) is 10.1 Å². The molecule has 1 aliphatic heterocycles. The molecule has 2 N–H and O–H groups in total. The van der Waals surface area contributed by atoms with Crippen molar-refractivity contribution in [1.29, 1.82) is 0 Å². The van der Waals surface area contributed by atoms with Gasteiger partial charge in [-0.15, -0.1) is 11.8 Å². The van der Waals surface area contributed by atoms with Crippen molar-refractivity contribution in [2.45, 2.75) is 36.3 Å². The second-order valence-electron chi connectivity index (χ2n) is 3.69. The van der Waals surface area contributed by atoms with E-state index < -0.39 is 0 Å². The van der Waals surface area contributed by atoms with Crippen molar-refractivity contribution >= 4 is 18.0 Å². The summed E-state index contributed by atoms with van der Waals surface area (Å²) in [4.78, 5) is 10.9. The first-order valence-corrected chi connectivity index (χ1v) is 6.17. The van der Waals surface area contributed by atoms with E-state index in [1.165, 1.54) is 0 Å². The van der Waals surface area contributed by atoms with Crippen molar-refractivity contribution in [1.82, 2.24) is 10.6 Å². The maximum Gasteiger partial charge on any atom is 0.133 e. The standard InChI is InChI=1S/C10H20N2OS/c1-3-9(8-13)14-10(11-2)4-6-12-7-5-10/h8-9,11-12H,3-7H2,1-2H3/t9-/m0/s1. The molecule has 1 rings (SSSR count). The summed E-state index contributed by atoms with van der Waals surface area (Å²) >= 11 is 1.79. The van der Waals surface area contributed by atoms with Gasteiger partial charge in [-0.25, -0.2) is 0 Å². The summed E-state index contributed by atoms with van der Waals surface area (Å²) in [5, 5.41) is 6.86. The molecule has 0 aromatic rings. The Kier molecular flexibility index (Phi) is 4.92. The average molecular weight is 216 g/mol. The fourth-order valence-corrected chi connectivity index (χ4v) is 3.11. The van der Waals surface area contributed by atoms with Gasteiger partial charge in [0.2, 0.25) is 0 Å². The van der Waals surface area contributed by atoms with Gasteiger partial charge in [-0.3, -0.25) is 0 Å². The van der Waals surface area contributed by atoms with Crippen LogP contribution in [-0.4, -0.2) is 36.5 Å². The van der Waals surface area contributed by atoms with Gasteiger partial charge in [-0.05, 0) is 39.4 Å². The molecule has 3 nitrogen and oxygen atoms in total. The van der Waals surface area contributed by atoms with Crippen LogP contribution in [-0.2, 0) is 4.79 Å². The summed E-state index contributed by atoms with van der Waals surface area (Å²) in [6.07, 6.45) is 4.19. The maximum absolute atomic E-state index is 10.8. The third kappa shape index (κ3) is 2.97. The van der Waals surface area contributed by atoms with Crippen LogP contribution in [0.4, 0.5) is 0 Å². The number of hydrogen-bond acceptors (Lipinski definition) is 4. The smallest absolute Gasteiger partial charge is 0.133 e. The van der Waals surface area contributed by atoms with Gasteiger partial charge in [0.1, 0.15) is 6.29 Å². The number of aldehydes is 1. The minimum absolute atomic E-state index is 0.118.